The summed E-state index contributed by atoms with van der Waals surface area (Å²) < 4.78 is 0. The number of nitrogens with one attached hydrogen (secondary N) is 3. The van der Waals surface area contributed by atoms with E-state index in [1.54, 1.807) is 12.2 Å². The highest BCUT2D eigenvalue weighted by atomic mass is 16.1. The normalized spacial score (nSPS) is 16.7. The lowest BCUT2D eigenvalue weighted by molar-refractivity contribution is -0.110. The zero-order chi connectivity index (χ0) is 19.9. The first kappa shape index (κ1) is 25.4. The van der Waals surface area contributed by atoms with Gasteiger partial charge in [-0.25, -0.2) is 5.01 Å². The van der Waals surface area contributed by atoms with E-state index in [9.17, 15) is 4.79 Å². The Hall–Kier alpha value is -0.570. The summed E-state index contributed by atoms with van der Waals surface area (Å²) in [5, 5.41) is 3.57. The Labute approximate surface area is 161 Å². The highest BCUT2D eigenvalue weighted by Crippen LogP contribution is 2.23. The Kier molecular flexibility index (Phi) is 15.1. The molecule has 0 aromatic heterocycles. The highest BCUT2D eigenvalue weighted by molar-refractivity contribution is 5.52. The highest BCUT2D eigenvalue weighted by Gasteiger charge is 2.11. The average Bonchev–Trinajstić information content (AvgIpc) is 2.64. The second kappa shape index (κ2) is 15.5. The third-order valence-electron chi connectivity index (χ3n) is 5.21. The number of hydrogen-bond acceptors (Lipinski definition) is 7. The van der Waals surface area contributed by atoms with Gasteiger partial charge >= 0.3 is 0 Å². The third kappa shape index (κ3) is 14.6. The van der Waals surface area contributed by atoms with Crippen LogP contribution >= 0.6 is 0 Å². The Morgan fingerprint density at radius 3 is 1.73 bits per heavy atom. The molecule has 0 fully saturated rings. The molecule has 0 rings (SSSR count). The van der Waals surface area contributed by atoms with Crippen LogP contribution in [0.5, 0.6) is 0 Å². The van der Waals surface area contributed by atoms with Crippen LogP contribution in [-0.2, 0) is 4.79 Å². The number of carbonyl (C=O) groups excluding carboxylic acids is 1. The van der Waals surface area contributed by atoms with Crippen LogP contribution in [0.4, 0.5) is 0 Å². The van der Waals surface area contributed by atoms with Crippen LogP contribution in [0.1, 0.15) is 72.6 Å². The fourth-order valence-electron chi connectivity index (χ4n) is 2.85. The lowest BCUT2D eigenvalue weighted by Gasteiger charge is -2.24. The van der Waals surface area contributed by atoms with Gasteiger partial charge in [0.25, 0.3) is 0 Å². The fourth-order valence-corrected chi connectivity index (χ4v) is 2.85. The fraction of sp³-hybridized carbons (Fsp3) is 0.947. The molecule has 0 amide bonds. The minimum Gasteiger partial charge on any atom is -0.303 e. The maximum absolute atomic E-state index is 10.7. The summed E-state index contributed by atoms with van der Waals surface area (Å²) in [5.74, 6) is 7.71. The second-order valence-electron chi connectivity index (χ2n) is 8.28. The molecule has 0 aliphatic heterocycles. The SMILES string of the molecule is CC(C=O)CCC(C)CCC(C)CCC(C)CCN(C)NNN(C)NN. The molecule has 7 nitrogen and oxygen atoms in total. The quantitative estimate of drug-likeness (QED) is 0.177. The monoisotopic (exact) mass is 372 g/mol. The van der Waals surface area contributed by atoms with Gasteiger partial charge in [-0.05, 0) is 30.6 Å². The van der Waals surface area contributed by atoms with E-state index in [0.29, 0.717) is 0 Å². The minimum absolute atomic E-state index is 0.213. The van der Waals surface area contributed by atoms with Crippen molar-refractivity contribution in [2.75, 3.05) is 20.6 Å². The largest absolute Gasteiger partial charge is 0.303 e. The molecule has 0 aromatic carbocycles. The van der Waals surface area contributed by atoms with Gasteiger partial charge in [0.1, 0.15) is 6.29 Å². The molecule has 0 aliphatic rings. The molecule has 26 heavy (non-hydrogen) atoms. The molecule has 0 bridgehead atoms. The van der Waals surface area contributed by atoms with Crippen molar-refractivity contribution in [2.24, 2.45) is 29.5 Å². The van der Waals surface area contributed by atoms with Crippen LogP contribution in [0.2, 0.25) is 0 Å². The summed E-state index contributed by atoms with van der Waals surface area (Å²) in [7, 11) is 3.80. The molecule has 5 N–H and O–H groups in total. The number of nitrogens with zero attached hydrogens (tertiary/aromatic N) is 2. The molecule has 0 saturated carbocycles. The molecule has 4 atom stereocenters. The van der Waals surface area contributed by atoms with Crippen molar-refractivity contribution < 1.29 is 4.79 Å². The van der Waals surface area contributed by atoms with E-state index < -0.39 is 0 Å². The number of nitrogens with two attached hydrogens (primary N) is 1. The first-order valence-electron chi connectivity index (χ1n) is 10.2. The van der Waals surface area contributed by atoms with Gasteiger partial charge in [0.05, 0.1) is 0 Å². The van der Waals surface area contributed by atoms with Crippen LogP contribution in [0.15, 0.2) is 0 Å². The first-order chi connectivity index (χ1) is 12.3. The van der Waals surface area contributed by atoms with Crippen molar-refractivity contribution >= 4 is 6.29 Å². The molecule has 4 unspecified atom stereocenters. The molecule has 0 aliphatic carbocycles. The minimum atomic E-state index is 0.213. The van der Waals surface area contributed by atoms with E-state index in [1.807, 2.05) is 19.0 Å². The predicted octanol–water partition coefficient (Wildman–Crippen LogP) is 2.63. The van der Waals surface area contributed by atoms with E-state index in [4.69, 9.17) is 5.84 Å². The molecule has 156 valence electrons. The molecule has 0 saturated heterocycles. The van der Waals surface area contributed by atoms with Gasteiger partial charge in [0.2, 0.25) is 0 Å². The van der Waals surface area contributed by atoms with E-state index >= 15 is 0 Å². The van der Waals surface area contributed by atoms with Crippen LogP contribution in [0, 0.1) is 23.7 Å². The van der Waals surface area contributed by atoms with E-state index in [0.717, 1.165) is 43.4 Å². The summed E-state index contributed by atoms with van der Waals surface area (Å²) in [4.78, 5) is 10.7. The lowest BCUT2D eigenvalue weighted by Crippen LogP contribution is -2.58. The summed E-state index contributed by atoms with van der Waals surface area (Å²) in [6, 6.07) is 0. The molecule has 7 heteroatoms. The molecule has 0 heterocycles. The second-order valence-corrected chi connectivity index (χ2v) is 8.28. The Morgan fingerprint density at radius 2 is 1.27 bits per heavy atom. The number of hydrogen-bond donors (Lipinski definition) is 4. The number of aldehydes is 1. The van der Waals surface area contributed by atoms with Crippen molar-refractivity contribution in [3.05, 3.63) is 0 Å². The number of carbonyl (C=O) groups is 1. The Bertz CT molecular complexity index is 344. The third-order valence-corrected chi connectivity index (χ3v) is 5.21. The lowest BCUT2D eigenvalue weighted by atomic mass is 9.88. The topological polar surface area (TPSA) is 85.7 Å². The molecule has 0 radical (unpaired) electrons. The van der Waals surface area contributed by atoms with Crippen LogP contribution in [0.25, 0.3) is 0 Å². The molecule has 0 aromatic rings. The summed E-state index contributed by atoms with van der Waals surface area (Å²) in [5.41, 5.74) is 8.43. The van der Waals surface area contributed by atoms with E-state index in [2.05, 4.69) is 37.4 Å². The average molecular weight is 373 g/mol. The number of hydrazine groups is 5. The summed E-state index contributed by atoms with van der Waals surface area (Å²) >= 11 is 0. The van der Waals surface area contributed by atoms with Crippen molar-refractivity contribution in [1.82, 2.24) is 26.7 Å². The van der Waals surface area contributed by atoms with E-state index in [-0.39, 0.29) is 5.92 Å². The van der Waals surface area contributed by atoms with Crippen LogP contribution in [0.3, 0.4) is 0 Å². The van der Waals surface area contributed by atoms with Gasteiger partial charge in [-0.3, -0.25) is 5.84 Å². The van der Waals surface area contributed by atoms with Crippen molar-refractivity contribution in [3.63, 3.8) is 0 Å². The maximum atomic E-state index is 10.7. The predicted molar refractivity (Wildman–Crippen MR) is 109 cm³/mol. The van der Waals surface area contributed by atoms with Crippen LogP contribution in [-0.4, -0.2) is 37.1 Å². The Balaban J connectivity index is 3.74. The van der Waals surface area contributed by atoms with Gasteiger partial charge in [0, 0.05) is 26.6 Å². The standard InChI is InChI=1S/C19H44N6O/c1-16(7-8-17(2)11-12-19(4)15-26)9-10-18(3)13-14-24(5)22-23-25(6)21-20/h15-19,21-23H,7-14,20H2,1-6H3. The molecular weight excluding hydrogens is 328 g/mol. The zero-order valence-electron chi connectivity index (χ0n) is 17.9. The van der Waals surface area contributed by atoms with Crippen molar-refractivity contribution in [3.8, 4) is 0 Å². The Morgan fingerprint density at radius 1 is 0.808 bits per heavy atom. The smallest absolute Gasteiger partial charge is 0.122 e. The van der Waals surface area contributed by atoms with Gasteiger partial charge in [-0.2, -0.15) is 21.7 Å². The number of rotatable bonds is 17. The molecular formula is C19H44N6O. The first-order valence-corrected chi connectivity index (χ1v) is 10.2. The summed E-state index contributed by atoms with van der Waals surface area (Å²) in [6.45, 7) is 10.0. The van der Waals surface area contributed by atoms with Gasteiger partial charge < -0.3 is 4.79 Å². The van der Waals surface area contributed by atoms with Gasteiger partial charge in [-0.15, -0.1) is 0 Å². The molecule has 0 spiro atoms. The van der Waals surface area contributed by atoms with Gasteiger partial charge in [-0.1, -0.05) is 59.8 Å². The van der Waals surface area contributed by atoms with Crippen molar-refractivity contribution in [2.45, 2.75) is 72.6 Å². The van der Waals surface area contributed by atoms with E-state index in [1.165, 1.54) is 32.1 Å². The summed E-state index contributed by atoms with van der Waals surface area (Å²) in [6.07, 6.45) is 9.60. The zero-order valence-corrected chi connectivity index (χ0v) is 17.9. The van der Waals surface area contributed by atoms with Crippen LogP contribution < -0.4 is 22.4 Å². The maximum Gasteiger partial charge on any atom is 0.122 e. The van der Waals surface area contributed by atoms with Gasteiger partial charge in [0.15, 0.2) is 0 Å². The van der Waals surface area contributed by atoms with Crippen molar-refractivity contribution in [1.29, 1.82) is 0 Å².